The lowest BCUT2D eigenvalue weighted by Gasteiger charge is -2.08. The largest absolute Gasteiger partial charge is 0.399 e. The summed E-state index contributed by atoms with van der Waals surface area (Å²) in [5, 5.41) is 0. The molecule has 0 atom stereocenters. The van der Waals surface area contributed by atoms with E-state index < -0.39 is 10.1 Å². The molecule has 0 radical (unpaired) electrons. The first-order valence-electron chi connectivity index (χ1n) is 5.76. The number of nitrogen functional groups attached to an aromatic ring is 1. The van der Waals surface area contributed by atoms with E-state index in [1.165, 1.54) is 18.2 Å². The highest BCUT2D eigenvalue weighted by Crippen LogP contribution is 2.22. The van der Waals surface area contributed by atoms with Gasteiger partial charge in [0.05, 0.1) is 0 Å². The maximum absolute atomic E-state index is 12.1. The van der Waals surface area contributed by atoms with Gasteiger partial charge in [-0.2, -0.15) is 8.42 Å². The maximum atomic E-state index is 12.1. The molecule has 5 heteroatoms. The van der Waals surface area contributed by atoms with Crippen LogP contribution < -0.4 is 9.92 Å². The highest BCUT2D eigenvalue weighted by Gasteiger charge is 2.16. The van der Waals surface area contributed by atoms with Crippen LogP contribution >= 0.6 is 0 Å². The van der Waals surface area contributed by atoms with Crippen molar-refractivity contribution in [3.63, 3.8) is 0 Å². The predicted octanol–water partition coefficient (Wildman–Crippen LogP) is 2.65. The van der Waals surface area contributed by atoms with E-state index in [4.69, 9.17) is 9.92 Å². The van der Waals surface area contributed by atoms with Crippen molar-refractivity contribution in [1.82, 2.24) is 0 Å². The number of anilines is 1. The molecule has 0 aliphatic rings. The second-order valence-electron chi connectivity index (χ2n) is 4.37. The van der Waals surface area contributed by atoms with Gasteiger partial charge in [0.15, 0.2) is 0 Å². The van der Waals surface area contributed by atoms with Crippen molar-refractivity contribution >= 4 is 15.8 Å². The van der Waals surface area contributed by atoms with E-state index in [9.17, 15) is 8.42 Å². The Bertz CT molecular complexity index is 691. The van der Waals surface area contributed by atoms with Crippen LogP contribution in [-0.2, 0) is 10.1 Å². The van der Waals surface area contributed by atoms with Gasteiger partial charge >= 0.3 is 10.1 Å². The lowest BCUT2D eigenvalue weighted by molar-refractivity contribution is 0.486. The first-order chi connectivity index (χ1) is 8.88. The monoisotopic (exact) mass is 277 g/mol. The summed E-state index contributed by atoms with van der Waals surface area (Å²) >= 11 is 0. The zero-order valence-corrected chi connectivity index (χ0v) is 11.6. The molecular formula is C14H15NO3S. The zero-order valence-electron chi connectivity index (χ0n) is 10.8. The predicted molar refractivity (Wildman–Crippen MR) is 74.6 cm³/mol. The molecule has 100 valence electrons. The van der Waals surface area contributed by atoms with Crippen LogP contribution in [-0.4, -0.2) is 8.42 Å². The molecule has 0 heterocycles. The average Bonchev–Trinajstić information content (AvgIpc) is 2.34. The van der Waals surface area contributed by atoms with Crippen LogP contribution in [0.3, 0.4) is 0 Å². The minimum absolute atomic E-state index is 0.132. The van der Waals surface area contributed by atoms with Gasteiger partial charge in [-0.1, -0.05) is 17.7 Å². The number of nitrogens with two attached hydrogens (primary N) is 1. The van der Waals surface area contributed by atoms with Crippen LogP contribution in [0.15, 0.2) is 47.4 Å². The lowest BCUT2D eigenvalue weighted by atomic mass is 10.2. The van der Waals surface area contributed by atoms with Gasteiger partial charge in [-0.3, -0.25) is 0 Å². The molecule has 0 aliphatic heterocycles. The third-order valence-corrected chi connectivity index (χ3v) is 4.02. The van der Waals surface area contributed by atoms with Crippen LogP contribution in [0, 0.1) is 13.8 Å². The van der Waals surface area contributed by atoms with E-state index in [0.29, 0.717) is 5.69 Å². The van der Waals surface area contributed by atoms with Crippen LogP contribution in [0.25, 0.3) is 0 Å². The van der Waals surface area contributed by atoms with E-state index in [1.54, 1.807) is 31.2 Å². The van der Waals surface area contributed by atoms with Crippen molar-refractivity contribution in [2.24, 2.45) is 0 Å². The Hall–Kier alpha value is -2.01. The third kappa shape index (κ3) is 3.06. The Morgan fingerprint density at radius 3 is 2.21 bits per heavy atom. The highest BCUT2D eigenvalue weighted by molar-refractivity contribution is 7.87. The van der Waals surface area contributed by atoms with Crippen LogP contribution in [0.2, 0.25) is 0 Å². The Balaban J connectivity index is 2.30. The summed E-state index contributed by atoms with van der Waals surface area (Å²) < 4.78 is 29.2. The van der Waals surface area contributed by atoms with E-state index >= 15 is 0 Å². The molecule has 0 unspecified atom stereocenters. The van der Waals surface area contributed by atoms with E-state index in [2.05, 4.69) is 0 Å². The number of benzene rings is 2. The summed E-state index contributed by atoms with van der Waals surface area (Å²) in [5.41, 5.74) is 8.04. The van der Waals surface area contributed by atoms with Crippen LogP contribution in [0.5, 0.6) is 5.75 Å². The highest BCUT2D eigenvalue weighted by atomic mass is 32.2. The van der Waals surface area contributed by atoms with E-state index in [1.807, 2.05) is 6.92 Å². The molecule has 0 bridgehead atoms. The van der Waals surface area contributed by atoms with Gasteiger partial charge in [-0.05, 0) is 49.7 Å². The fraction of sp³-hybridized carbons (Fsp3) is 0.143. The molecule has 0 saturated carbocycles. The van der Waals surface area contributed by atoms with Crippen molar-refractivity contribution in [1.29, 1.82) is 0 Å². The molecule has 2 rings (SSSR count). The second kappa shape index (κ2) is 4.93. The summed E-state index contributed by atoms with van der Waals surface area (Å²) in [6.07, 6.45) is 0. The minimum atomic E-state index is -3.80. The molecular weight excluding hydrogens is 262 g/mol. The van der Waals surface area contributed by atoms with Gasteiger partial charge in [-0.15, -0.1) is 0 Å². The summed E-state index contributed by atoms with van der Waals surface area (Å²) in [6, 6.07) is 11.3. The van der Waals surface area contributed by atoms with Crippen molar-refractivity contribution < 1.29 is 12.6 Å². The van der Waals surface area contributed by atoms with Gasteiger partial charge in [0, 0.05) is 5.69 Å². The van der Waals surface area contributed by atoms with Crippen molar-refractivity contribution in [3.05, 3.63) is 53.6 Å². The first kappa shape index (κ1) is 13.4. The summed E-state index contributed by atoms with van der Waals surface area (Å²) in [6.45, 7) is 3.68. The number of hydrogen-bond donors (Lipinski definition) is 1. The molecule has 0 amide bonds. The fourth-order valence-corrected chi connectivity index (χ4v) is 2.50. The van der Waals surface area contributed by atoms with Crippen molar-refractivity contribution in [2.75, 3.05) is 5.73 Å². The molecule has 0 aromatic heterocycles. The number of aryl methyl sites for hydroxylation is 2. The summed E-state index contributed by atoms with van der Waals surface area (Å²) in [7, 11) is -3.80. The van der Waals surface area contributed by atoms with Gasteiger partial charge in [0.2, 0.25) is 0 Å². The minimum Gasteiger partial charge on any atom is -0.399 e. The third-order valence-electron chi connectivity index (χ3n) is 2.76. The Kier molecular flexibility index (Phi) is 3.48. The topological polar surface area (TPSA) is 69.4 Å². The number of rotatable bonds is 3. The van der Waals surface area contributed by atoms with Gasteiger partial charge in [-0.25, -0.2) is 0 Å². The van der Waals surface area contributed by atoms with Gasteiger partial charge in [0.1, 0.15) is 10.6 Å². The smallest absolute Gasteiger partial charge is 0.339 e. The SMILES string of the molecule is Cc1ccc(S(=O)(=O)Oc2ccc(N)c(C)c2)cc1. The van der Waals surface area contributed by atoms with Gasteiger partial charge in [0.25, 0.3) is 0 Å². The zero-order chi connectivity index (χ0) is 14.0. The fourth-order valence-electron chi connectivity index (χ4n) is 1.58. The molecule has 19 heavy (non-hydrogen) atoms. The summed E-state index contributed by atoms with van der Waals surface area (Å²) in [4.78, 5) is 0.132. The van der Waals surface area contributed by atoms with E-state index in [-0.39, 0.29) is 10.6 Å². The summed E-state index contributed by atoms with van der Waals surface area (Å²) in [5.74, 6) is 0.257. The van der Waals surface area contributed by atoms with Crippen LogP contribution in [0.1, 0.15) is 11.1 Å². The molecule has 2 N–H and O–H groups in total. The molecule has 0 spiro atoms. The van der Waals surface area contributed by atoms with Crippen LogP contribution in [0.4, 0.5) is 5.69 Å². The molecule has 4 nitrogen and oxygen atoms in total. The quantitative estimate of drug-likeness (QED) is 0.691. The average molecular weight is 277 g/mol. The Morgan fingerprint density at radius 2 is 1.63 bits per heavy atom. The second-order valence-corrected chi connectivity index (χ2v) is 5.92. The van der Waals surface area contributed by atoms with E-state index in [0.717, 1.165) is 11.1 Å². The normalized spacial score (nSPS) is 11.3. The van der Waals surface area contributed by atoms with Crippen molar-refractivity contribution in [2.45, 2.75) is 18.7 Å². The maximum Gasteiger partial charge on any atom is 0.339 e. The Morgan fingerprint density at radius 1 is 1.00 bits per heavy atom. The lowest BCUT2D eigenvalue weighted by Crippen LogP contribution is -2.09. The molecule has 0 saturated heterocycles. The molecule has 0 fully saturated rings. The van der Waals surface area contributed by atoms with Gasteiger partial charge < -0.3 is 9.92 Å². The number of hydrogen-bond acceptors (Lipinski definition) is 4. The molecule has 2 aromatic rings. The Labute approximate surface area is 113 Å². The molecule has 2 aromatic carbocycles. The standard InChI is InChI=1S/C14H15NO3S/c1-10-3-6-13(7-4-10)19(16,17)18-12-5-8-14(15)11(2)9-12/h3-9H,15H2,1-2H3. The molecule has 0 aliphatic carbocycles. The first-order valence-corrected chi connectivity index (χ1v) is 7.16. The van der Waals surface area contributed by atoms with Crippen molar-refractivity contribution in [3.8, 4) is 5.75 Å².